The number of rotatable bonds is 4. The van der Waals surface area contributed by atoms with Crippen molar-refractivity contribution in [3.8, 4) is 0 Å². The van der Waals surface area contributed by atoms with E-state index in [1.165, 1.54) is 0 Å². The number of aliphatic hydroxyl groups excluding tert-OH is 1. The number of hydrogen-bond donors (Lipinski definition) is 3. The van der Waals surface area contributed by atoms with Crippen molar-refractivity contribution in [1.82, 2.24) is 4.90 Å². The van der Waals surface area contributed by atoms with Crippen LogP contribution < -0.4 is 11.1 Å². The highest BCUT2D eigenvalue weighted by Gasteiger charge is 2.24. The van der Waals surface area contributed by atoms with Crippen LogP contribution in [-0.4, -0.2) is 41.7 Å². The Morgan fingerprint density at radius 3 is 2.95 bits per heavy atom. The number of anilines is 2. The van der Waals surface area contributed by atoms with E-state index in [0.717, 1.165) is 37.3 Å². The summed E-state index contributed by atoms with van der Waals surface area (Å²) in [6.45, 7) is 6.43. The molecule has 1 aliphatic rings. The lowest BCUT2D eigenvalue weighted by atomic mass is 9.97. The third kappa shape index (κ3) is 4.44. The molecule has 0 aromatic heterocycles. The number of nitrogens with zero attached hydrogens (tertiary/aromatic N) is 1. The maximum absolute atomic E-state index is 12.0. The number of benzene rings is 1. The minimum Gasteiger partial charge on any atom is -0.399 e. The van der Waals surface area contributed by atoms with E-state index in [-0.39, 0.29) is 17.9 Å². The summed E-state index contributed by atoms with van der Waals surface area (Å²) in [5.41, 5.74) is 8.19. The van der Waals surface area contributed by atoms with Crippen LogP contribution in [0, 0.1) is 12.8 Å². The molecule has 1 fully saturated rings. The zero-order chi connectivity index (χ0) is 15.4. The summed E-state index contributed by atoms with van der Waals surface area (Å²) < 4.78 is 0. The largest absolute Gasteiger partial charge is 0.399 e. The van der Waals surface area contributed by atoms with E-state index in [1.807, 2.05) is 19.1 Å². The molecule has 0 radical (unpaired) electrons. The Morgan fingerprint density at radius 2 is 2.29 bits per heavy atom. The summed E-state index contributed by atoms with van der Waals surface area (Å²) in [4.78, 5) is 14.3. The lowest BCUT2D eigenvalue weighted by molar-refractivity contribution is -0.116. The summed E-state index contributed by atoms with van der Waals surface area (Å²) in [7, 11) is 0. The lowest BCUT2D eigenvalue weighted by Gasteiger charge is -2.34. The number of aliphatic hydroxyl groups is 1. The van der Waals surface area contributed by atoms with Crippen LogP contribution in [0.4, 0.5) is 11.4 Å². The van der Waals surface area contributed by atoms with Gasteiger partial charge in [0, 0.05) is 37.4 Å². The van der Waals surface area contributed by atoms with E-state index in [2.05, 4.69) is 17.1 Å². The molecule has 0 saturated carbocycles. The Bertz CT molecular complexity index is 504. The molecule has 1 aromatic rings. The van der Waals surface area contributed by atoms with Crippen molar-refractivity contribution in [3.05, 3.63) is 23.8 Å². The first-order valence-electron chi connectivity index (χ1n) is 7.52. The van der Waals surface area contributed by atoms with E-state index in [0.29, 0.717) is 12.1 Å². The van der Waals surface area contributed by atoms with Crippen LogP contribution in [0.2, 0.25) is 0 Å². The summed E-state index contributed by atoms with van der Waals surface area (Å²) in [6, 6.07) is 5.47. The maximum atomic E-state index is 12.0. The van der Waals surface area contributed by atoms with Crippen molar-refractivity contribution in [2.24, 2.45) is 5.92 Å². The van der Waals surface area contributed by atoms with Gasteiger partial charge in [-0.3, -0.25) is 4.79 Å². The van der Waals surface area contributed by atoms with Crippen LogP contribution in [0.3, 0.4) is 0 Å². The van der Waals surface area contributed by atoms with Gasteiger partial charge in [0.05, 0.1) is 6.10 Å². The van der Waals surface area contributed by atoms with Crippen molar-refractivity contribution >= 4 is 17.3 Å². The molecule has 0 spiro atoms. The minimum absolute atomic E-state index is 0.0154. The number of piperidine rings is 1. The molecule has 1 saturated heterocycles. The van der Waals surface area contributed by atoms with E-state index in [4.69, 9.17) is 5.73 Å². The molecule has 1 heterocycles. The zero-order valence-corrected chi connectivity index (χ0v) is 12.8. The van der Waals surface area contributed by atoms with Crippen LogP contribution in [0.15, 0.2) is 18.2 Å². The van der Waals surface area contributed by atoms with E-state index in [1.54, 1.807) is 6.07 Å². The Kier molecular flexibility index (Phi) is 5.20. The van der Waals surface area contributed by atoms with Gasteiger partial charge in [-0.15, -0.1) is 0 Å². The third-order valence-electron chi connectivity index (χ3n) is 4.12. The second-order valence-corrected chi connectivity index (χ2v) is 6.01. The topological polar surface area (TPSA) is 78.6 Å². The molecule has 5 nitrogen and oxygen atoms in total. The fourth-order valence-corrected chi connectivity index (χ4v) is 2.72. The van der Waals surface area contributed by atoms with Gasteiger partial charge in [0.2, 0.25) is 5.91 Å². The fraction of sp³-hybridized carbons (Fsp3) is 0.562. The Hall–Kier alpha value is -1.59. The monoisotopic (exact) mass is 291 g/mol. The molecule has 2 unspecified atom stereocenters. The molecular formula is C16H25N3O2. The van der Waals surface area contributed by atoms with Crippen LogP contribution >= 0.6 is 0 Å². The molecule has 1 amide bonds. The van der Waals surface area contributed by atoms with Gasteiger partial charge in [0.1, 0.15) is 0 Å². The average Bonchev–Trinajstić information content (AvgIpc) is 2.43. The second-order valence-electron chi connectivity index (χ2n) is 6.01. The second kappa shape index (κ2) is 6.91. The van der Waals surface area contributed by atoms with Crippen molar-refractivity contribution in [3.63, 3.8) is 0 Å². The molecule has 116 valence electrons. The van der Waals surface area contributed by atoms with Crippen molar-refractivity contribution < 1.29 is 9.90 Å². The summed E-state index contributed by atoms with van der Waals surface area (Å²) in [5.74, 6) is 0.294. The molecule has 1 aromatic carbocycles. The van der Waals surface area contributed by atoms with Crippen molar-refractivity contribution in [2.45, 2.75) is 32.8 Å². The molecular weight excluding hydrogens is 266 g/mol. The quantitative estimate of drug-likeness (QED) is 0.736. The number of aryl methyl sites for hydroxylation is 1. The van der Waals surface area contributed by atoms with Gasteiger partial charge in [-0.25, -0.2) is 0 Å². The van der Waals surface area contributed by atoms with Crippen LogP contribution in [0.25, 0.3) is 0 Å². The molecule has 21 heavy (non-hydrogen) atoms. The molecule has 2 atom stereocenters. The summed E-state index contributed by atoms with van der Waals surface area (Å²) in [6.07, 6.45) is 1.06. The lowest BCUT2D eigenvalue weighted by Crippen LogP contribution is -2.42. The predicted octanol–water partition coefficient (Wildman–Crippen LogP) is 1.61. The third-order valence-corrected chi connectivity index (χ3v) is 4.12. The van der Waals surface area contributed by atoms with Crippen LogP contribution in [0.5, 0.6) is 0 Å². The number of amides is 1. The molecule has 2 rings (SSSR count). The van der Waals surface area contributed by atoms with Gasteiger partial charge in [-0.1, -0.05) is 6.92 Å². The Morgan fingerprint density at radius 1 is 1.52 bits per heavy atom. The summed E-state index contributed by atoms with van der Waals surface area (Å²) in [5, 5.41) is 12.6. The highest BCUT2D eigenvalue weighted by molar-refractivity contribution is 5.91. The number of carbonyl (C=O) groups excluding carboxylic acids is 1. The Labute approximate surface area is 126 Å². The number of nitrogen functional groups attached to an aromatic ring is 1. The van der Waals surface area contributed by atoms with Gasteiger partial charge in [-0.05, 0) is 43.0 Å². The van der Waals surface area contributed by atoms with Gasteiger partial charge < -0.3 is 21.1 Å². The van der Waals surface area contributed by atoms with E-state index >= 15 is 0 Å². The molecule has 0 bridgehead atoms. The number of likely N-dealkylation sites (tertiary alicyclic amines) is 1. The minimum atomic E-state index is -0.201. The van der Waals surface area contributed by atoms with Gasteiger partial charge in [-0.2, -0.15) is 0 Å². The van der Waals surface area contributed by atoms with Gasteiger partial charge >= 0.3 is 0 Å². The zero-order valence-electron chi connectivity index (χ0n) is 12.8. The highest BCUT2D eigenvalue weighted by Crippen LogP contribution is 2.19. The van der Waals surface area contributed by atoms with E-state index < -0.39 is 0 Å². The van der Waals surface area contributed by atoms with E-state index in [9.17, 15) is 9.90 Å². The van der Waals surface area contributed by atoms with Crippen LogP contribution in [-0.2, 0) is 4.79 Å². The number of carbonyl (C=O) groups is 1. The number of nitrogens with two attached hydrogens (primary N) is 1. The highest BCUT2D eigenvalue weighted by atomic mass is 16.3. The predicted molar refractivity (Wildman–Crippen MR) is 85.1 cm³/mol. The molecule has 0 aliphatic carbocycles. The number of hydrogen-bond acceptors (Lipinski definition) is 4. The number of nitrogens with one attached hydrogen (secondary N) is 1. The summed E-state index contributed by atoms with van der Waals surface area (Å²) >= 11 is 0. The first kappa shape index (κ1) is 15.8. The van der Waals surface area contributed by atoms with Crippen molar-refractivity contribution in [1.29, 1.82) is 0 Å². The average molecular weight is 291 g/mol. The van der Waals surface area contributed by atoms with Gasteiger partial charge in [0.25, 0.3) is 0 Å². The normalized spacial score (nSPS) is 23.0. The fourth-order valence-electron chi connectivity index (χ4n) is 2.72. The SMILES string of the molecule is Cc1cc(N)ccc1NC(=O)CCN1CCC(O)C(C)C1. The van der Waals surface area contributed by atoms with Crippen molar-refractivity contribution in [2.75, 3.05) is 30.7 Å². The smallest absolute Gasteiger partial charge is 0.225 e. The first-order chi connectivity index (χ1) is 9.95. The first-order valence-corrected chi connectivity index (χ1v) is 7.52. The molecule has 1 aliphatic heterocycles. The molecule has 4 N–H and O–H groups in total. The maximum Gasteiger partial charge on any atom is 0.225 e. The standard InChI is InChI=1S/C16H25N3O2/c1-11-9-13(17)3-4-14(11)18-16(21)6-8-19-7-5-15(20)12(2)10-19/h3-4,9,12,15,20H,5-8,10,17H2,1-2H3,(H,18,21). The molecule has 5 heteroatoms. The van der Waals surface area contributed by atoms with Crippen LogP contribution in [0.1, 0.15) is 25.3 Å². The Balaban J connectivity index is 1.80. The van der Waals surface area contributed by atoms with Gasteiger partial charge in [0.15, 0.2) is 0 Å².